The van der Waals surface area contributed by atoms with Gasteiger partial charge in [0.15, 0.2) is 17.3 Å². The van der Waals surface area contributed by atoms with Crippen molar-refractivity contribution < 1.29 is 14.3 Å². The van der Waals surface area contributed by atoms with E-state index in [-0.39, 0.29) is 5.91 Å². The highest BCUT2D eigenvalue weighted by Crippen LogP contribution is 2.40. The molecule has 1 N–H and O–H groups in total. The van der Waals surface area contributed by atoms with Gasteiger partial charge < -0.3 is 14.8 Å². The van der Waals surface area contributed by atoms with Crippen LogP contribution >= 0.6 is 11.3 Å². The number of carbonyl (C=O) groups is 1. The number of fused-ring (bicyclic) bond motifs is 1. The second-order valence-corrected chi connectivity index (χ2v) is 8.63. The zero-order valence-corrected chi connectivity index (χ0v) is 19.6. The fourth-order valence-corrected chi connectivity index (χ4v) is 4.70. The molecule has 34 heavy (non-hydrogen) atoms. The first-order valence-corrected chi connectivity index (χ1v) is 11.5. The number of carbonyl (C=O) groups excluding carboxylic acids is 1. The molecule has 1 aliphatic rings. The number of hydrogen-bond donors (Lipinski definition) is 1. The van der Waals surface area contributed by atoms with Gasteiger partial charge in [-0.2, -0.15) is 4.98 Å². The van der Waals surface area contributed by atoms with Crippen LogP contribution in [0.2, 0.25) is 0 Å². The normalized spacial score (nSPS) is 17.0. The van der Waals surface area contributed by atoms with Crippen molar-refractivity contribution in [3.05, 3.63) is 65.8 Å². The largest absolute Gasteiger partial charge is 0.493 e. The fourth-order valence-electron chi connectivity index (χ4n) is 4.05. The Kier molecular flexibility index (Phi) is 5.81. The van der Waals surface area contributed by atoms with E-state index in [9.17, 15) is 4.79 Å². The van der Waals surface area contributed by atoms with Crippen molar-refractivity contribution in [3.63, 3.8) is 0 Å². The van der Waals surface area contributed by atoms with E-state index in [4.69, 9.17) is 14.6 Å². The third kappa shape index (κ3) is 3.92. The lowest BCUT2D eigenvalue weighted by Crippen LogP contribution is -2.39. The predicted molar refractivity (Wildman–Crippen MR) is 130 cm³/mol. The van der Waals surface area contributed by atoms with E-state index in [1.54, 1.807) is 54.8 Å². The van der Waals surface area contributed by atoms with Crippen LogP contribution in [0.5, 0.6) is 11.5 Å². The molecule has 2 unspecified atom stereocenters. The monoisotopic (exact) mass is 474 g/mol. The van der Waals surface area contributed by atoms with Gasteiger partial charge in [0.2, 0.25) is 11.9 Å². The molecule has 0 saturated carbocycles. The summed E-state index contributed by atoms with van der Waals surface area (Å²) in [5.74, 6) is 1.33. The molecule has 10 heteroatoms. The van der Waals surface area contributed by atoms with Crippen molar-refractivity contribution in [1.82, 2.24) is 19.7 Å². The lowest BCUT2D eigenvalue weighted by molar-refractivity contribution is -0.118. The molecule has 1 aromatic carbocycles. The Labute approximate surface area is 200 Å². The lowest BCUT2D eigenvalue weighted by atomic mass is 9.87. The van der Waals surface area contributed by atoms with Crippen molar-refractivity contribution >= 4 is 34.6 Å². The first-order chi connectivity index (χ1) is 16.6. The van der Waals surface area contributed by atoms with E-state index in [0.717, 1.165) is 10.4 Å². The Morgan fingerprint density at radius 2 is 1.97 bits per heavy atom. The molecule has 4 heterocycles. The Bertz CT molecular complexity index is 1350. The Balaban J connectivity index is 1.62. The van der Waals surface area contributed by atoms with Crippen LogP contribution in [-0.4, -0.2) is 45.6 Å². The number of pyridine rings is 1. The van der Waals surface area contributed by atoms with Crippen LogP contribution in [0, 0.1) is 5.92 Å². The first-order valence-electron chi connectivity index (χ1n) is 10.6. The molecule has 9 nitrogen and oxygen atoms in total. The van der Waals surface area contributed by atoms with Crippen LogP contribution in [0.1, 0.15) is 18.5 Å². The number of nitrogens with zero attached hydrogens (tertiary/aromatic N) is 5. The van der Waals surface area contributed by atoms with Crippen molar-refractivity contribution in [1.29, 1.82) is 0 Å². The van der Waals surface area contributed by atoms with Gasteiger partial charge in [-0.15, -0.1) is 16.4 Å². The Hall–Kier alpha value is -4.05. The summed E-state index contributed by atoms with van der Waals surface area (Å²) in [6.45, 7) is 1.84. The maximum atomic E-state index is 13.5. The fraction of sp³-hybridized carbons (Fsp3) is 0.208. The molecule has 1 amide bonds. The molecule has 172 valence electrons. The minimum atomic E-state index is -0.635. The highest BCUT2D eigenvalue weighted by Gasteiger charge is 2.40. The van der Waals surface area contributed by atoms with Gasteiger partial charge in [0.25, 0.3) is 0 Å². The van der Waals surface area contributed by atoms with Gasteiger partial charge in [-0.3, -0.25) is 9.78 Å². The molecule has 4 aromatic rings. The quantitative estimate of drug-likeness (QED) is 0.445. The van der Waals surface area contributed by atoms with Crippen LogP contribution in [0.25, 0.3) is 10.7 Å². The smallest absolute Gasteiger partial charge is 0.248 e. The second-order valence-electron chi connectivity index (χ2n) is 7.68. The van der Waals surface area contributed by atoms with Gasteiger partial charge in [0.05, 0.1) is 37.0 Å². The van der Waals surface area contributed by atoms with Crippen molar-refractivity contribution in [2.45, 2.75) is 13.0 Å². The average Bonchev–Trinajstić information content (AvgIpc) is 3.53. The van der Waals surface area contributed by atoms with E-state index in [1.165, 1.54) is 0 Å². The minimum Gasteiger partial charge on any atom is -0.493 e. The number of aliphatic imine (C=N–C) groups is 1. The highest BCUT2D eigenvalue weighted by molar-refractivity contribution is 7.13. The Morgan fingerprint density at radius 3 is 2.68 bits per heavy atom. The number of thiophene rings is 1. The summed E-state index contributed by atoms with van der Waals surface area (Å²) in [6, 6.07) is 12.6. The minimum absolute atomic E-state index is 0.215. The van der Waals surface area contributed by atoms with E-state index >= 15 is 0 Å². The van der Waals surface area contributed by atoms with Crippen LogP contribution in [-0.2, 0) is 4.79 Å². The number of hydrogen-bond acceptors (Lipinski definition) is 8. The number of benzene rings is 1. The molecule has 0 fully saturated rings. The third-order valence-corrected chi connectivity index (χ3v) is 6.49. The maximum absolute atomic E-state index is 13.5. The number of rotatable bonds is 6. The van der Waals surface area contributed by atoms with Crippen LogP contribution in [0.4, 0.5) is 11.6 Å². The molecule has 1 aliphatic heterocycles. The van der Waals surface area contributed by atoms with E-state index in [0.29, 0.717) is 34.7 Å². The zero-order valence-electron chi connectivity index (χ0n) is 18.8. The number of methoxy groups -OCH3 is 2. The van der Waals surface area contributed by atoms with Gasteiger partial charge in [0, 0.05) is 11.9 Å². The molecule has 0 bridgehead atoms. The highest BCUT2D eigenvalue weighted by atomic mass is 32.1. The summed E-state index contributed by atoms with van der Waals surface area (Å²) in [5, 5.41) is 9.70. The second kappa shape index (κ2) is 9.06. The van der Waals surface area contributed by atoms with E-state index in [2.05, 4.69) is 20.3 Å². The molecule has 5 rings (SSSR count). The molecule has 0 spiro atoms. The van der Waals surface area contributed by atoms with Gasteiger partial charge in [-0.1, -0.05) is 12.1 Å². The summed E-state index contributed by atoms with van der Waals surface area (Å²) >= 11 is 1.55. The summed E-state index contributed by atoms with van der Waals surface area (Å²) < 4.78 is 12.7. The standard InChI is InChI=1S/C24H22N6O3S/c1-14-20(23(31)27-16-6-4-10-25-13-16)21(15-8-9-17(32-2)18(12-15)33-3)30-24(26-14)28-22(29-30)19-7-5-11-34-19/h4-13,20-21H,1-3H3,(H,27,31). The van der Waals surface area contributed by atoms with Crippen LogP contribution in [0.3, 0.4) is 0 Å². The topological polar surface area (TPSA) is 104 Å². The summed E-state index contributed by atoms with van der Waals surface area (Å²) in [6.07, 6.45) is 3.26. The molecule has 0 saturated heterocycles. The van der Waals surface area contributed by atoms with Crippen molar-refractivity contribution in [2.24, 2.45) is 10.9 Å². The van der Waals surface area contributed by atoms with Crippen LogP contribution in [0.15, 0.2) is 65.2 Å². The average molecular weight is 475 g/mol. The van der Waals surface area contributed by atoms with Crippen molar-refractivity contribution in [2.75, 3.05) is 19.5 Å². The van der Waals surface area contributed by atoms with Gasteiger partial charge in [-0.05, 0) is 48.2 Å². The Morgan fingerprint density at radius 1 is 1.12 bits per heavy atom. The lowest BCUT2D eigenvalue weighted by Gasteiger charge is -2.30. The molecular formula is C24H22N6O3S. The number of aromatic nitrogens is 4. The van der Waals surface area contributed by atoms with E-state index in [1.807, 2.05) is 42.6 Å². The summed E-state index contributed by atoms with van der Waals surface area (Å²) in [4.78, 5) is 27.9. The molecule has 2 atom stereocenters. The first kappa shape index (κ1) is 21.8. The van der Waals surface area contributed by atoms with Crippen LogP contribution < -0.4 is 14.8 Å². The number of anilines is 1. The summed E-state index contributed by atoms with van der Waals surface area (Å²) in [7, 11) is 3.17. The maximum Gasteiger partial charge on any atom is 0.248 e. The number of amides is 1. The zero-order chi connectivity index (χ0) is 23.7. The molecular weight excluding hydrogens is 452 g/mol. The number of nitrogens with one attached hydrogen (secondary N) is 1. The van der Waals surface area contributed by atoms with E-state index < -0.39 is 12.0 Å². The van der Waals surface area contributed by atoms with Gasteiger partial charge in [-0.25, -0.2) is 9.67 Å². The SMILES string of the molecule is COc1ccc(C2C(C(=O)Nc3cccnc3)C(C)=Nc3nc(-c4cccs4)nn32)cc1OC. The van der Waals surface area contributed by atoms with Crippen molar-refractivity contribution in [3.8, 4) is 22.2 Å². The predicted octanol–water partition coefficient (Wildman–Crippen LogP) is 4.37. The third-order valence-electron chi connectivity index (χ3n) is 5.62. The summed E-state index contributed by atoms with van der Waals surface area (Å²) in [5.41, 5.74) is 2.07. The van der Waals surface area contributed by atoms with Gasteiger partial charge in [0.1, 0.15) is 5.92 Å². The number of ether oxygens (including phenoxy) is 2. The molecule has 0 radical (unpaired) electrons. The molecule has 3 aromatic heterocycles. The van der Waals surface area contributed by atoms with Gasteiger partial charge >= 0.3 is 0 Å². The molecule has 0 aliphatic carbocycles.